The molecule has 6 nitrogen and oxygen atoms in total. The quantitative estimate of drug-likeness (QED) is 0.845. The lowest BCUT2D eigenvalue weighted by molar-refractivity contribution is -0.138. The summed E-state index contributed by atoms with van der Waals surface area (Å²) in [5, 5.41) is 12.8. The second-order valence-electron chi connectivity index (χ2n) is 4.08. The van der Waals surface area contributed by atoms with Gasteiger partial charge >= 0.3 is 5.97 Å². The Balaban J connectivity index is 1.80. The molecule has 0 bridgehead atoms. The molecule has 17 heavy (non-hydrogen) atoms. The summed E-state index contributed by atoms with van der Waals surface area (Å²) < 4.78 is 1.56. The van der Waals surface area contributed by atoms with Crippen molar-refractivity contribution in [2.24, 2.45) is 5.92 Å². The van der Waals surface area contributed by atoms with E-state index in [1.807, 2.05) is 12.1 Å². The largest absolute Gasteiger partial charge is 0.481 e. The van der Waals surface area contributed by atoms with Gasteiger partial charge in [-0.05, 0) is 24.0 Å². The first-order chi connectivity index (χ1) is 8.25. The summed E-state index contributed by atoms with van der Waals surface area (Å²) in [7, 11) is 0. The number of hydrogen-bond donors (Lipinski definition) is 1. The third-order valence-electron chi connectivity index (χ3n) is 2.96. The van der Waals surface area contributed by atoms with Crippen LogP contribution in [0.1, 0.15) is 17.9 Å². The van der Waals surface area contributed by atoms with Crippen LogP contribution < -0.4 is 0 Å². The van der Waals surface area contributed by atoms with Gasteiger partial charge in [-0.2, -0.15) is 5.10 Å². The second-order valence-corrected chi connectivity index (χ2v) is 4.08. The van der Waals surface area contributed by atoms with E-state index in [0.29, 0.717) is 12.2 Å². The van der Waals surface area contributed by atoms with Crippen LogP contribution in [0.3, 0.4) is 0 Å². The number of carboxylic acid groups (broad SMARTS) is 1. The minimum absolute atomic E-state index is 0.116. The molecule has 3 rings (SSSR count). The fraction of sp³-hybridized carbons (Fsp3) is 0.273. The number of nitrogens with zero attached hydrogens (tertiary/aromatic N) is 4. The van der Waals surface area contributed by atoms with Crippen molar-refractivity contribution in [3.8, 4) is 5.82 Å². The second kappa shape index (κ2) is 3.65. The van der Waals surface area contributed by atoms with Crippen molar-refractivity contribution in [3.05, 3.63) is 36.5 Å². The lowest BCUT2D eigenvalue weighted by Gasteiger charge is -2.01. The number of carboxylic acids is 1. The van der Waals surface area contributed by atoms with Crippen LogP contribution in [0.2, 0.25) is 0 Å². The zero-order chi connectivity index (χ0) is 11.8. The Hall–Kier alpha value is -2.24. The van der Waals surface area contributed by atoms with E-state index in [1.165, 1.54) is 6.33 Å². The average Bonchev–Trinajstić information content (AvgIpc) is 2.97. The molecule has 1 aliphatic rings. The van der Waals surface area contributed by atoms with Crippen molar-refractivity contribution in [2.75, 3.05) is 0 Å². The van der Waals surface area contributed by atoms with Gasteiger partial charge in [-0.3, -0.25) is 4.79 Å². The molecule has 2 aromatic heterocycles. The normalized spacial score (nSPS) is 22.4. The van der Waals surface area contributed by atoms with Gasteiger partial charge in [-0.25, -0.2) is 14.6 Å². The Labute approximate surface area is 96.9 Å². The monoisotopic (exact) mass is 230 g/mol. The van der Waals surface area contributed by atoms with E-state index in [0.717, 1.165) is 5.56 Å². The number of rotatable bonds is 3. The first-order valence-electron chi connectivity index (χ1n) is 5.29. The summed E-state index contributed by atoms with van der Waals surface area (Å²) in [6, 6.07) is 3.72. The summed E-state index contributed by atoms with van der Waals surface area (Å²) in [4.78, 5) is 18.8. The summed E-state index contributed by atoms with van der Waals surface area (Å²) in [5.74, 6) is -0.173. The summed E-state index contributed by atoms with van der Waals surface area (Å²) >= 11 is 0. The Bertz CT molecular complexity index is 535. The summed E-state index contributed by atoms with van der Waals surface area (Å²) in [6.45, 7) is 0. The van der Waals surface area contributed by atoms with Crippen LogP contribution in [-0.4, -0.2) is 30.8 Å². The SMILES string of the molecule is O=C(O)C1CC1c1ccc(-n2cncn2)nc1. The van der Waals surface area contributed by atoms with Gasteiger partial charge in [0, 0.05) is 6.20 Å². The van der Waals surface area contributed by atoms with E-state index in [9.17, 15) is 4.79 Å². The van der Waals surface area contributed by atoms with E-state index in [2.05, 4.69) is 15.1 Å². The molecule has 1 fully saturated rings. The molecular weight excluding hydrogens is 220 g/mol. The zero-order valence-electron chi connectivity index (χ0n) is 8.89. The lowest BCUT2D eigenvalue weighted by atomic mass is 10.1. The van der Waals surface area contributed by atoms with Crippen LogP contribution >= 0.6 is 0 Å². The first-order valence-corrected chi connectivity index (χ1v) is 5.29. The van der Waals surface area contributed by atoms with Gasteiger partial charge in [0.2, 0.25) is 0 Å². The molecular formula is C11H10N4O2. The molecule has 2 aromatic rings. The van der Waals surface area contributed by atoms with Crippen molar-refractivity contribution in [2.45, 2.75) is 12.3 Å². The molecule has 1 aliphatic carbocycles. The van der Waals surface area contributed by atoms with E-state index in [-0.39, 0.29) is 11.8 Å². The van der Waals surface area contributed by atoms with Crippen LogP contribution in [-0.2, 0) is 4.79 Å². The van der Waals surface area contributed by atoms with E-state index in [4.69, 9.17) is 5.11 Å². The number of aromatic nitrogens is 4. The maximum absolute atomic E-state index is 10.8. The van der Waals surface area contributed by atoms with Crippen LogP contribution in [0.4, 0.5) is 0 Å². The molecule has 1 saturated carbocycles. The molecule has 0 radical (unpaired) electrons. The maximum Gasteiger partial charge on any atom is 0.307 e. The minimum Gasteiger partial charge on any atom is -0.481 e. The Kier molecular flexibility index (Phi) is 2.14. The molecule has 86 valence electrons. The molecule has 2 heterocycles. The third-order valence-corrected chi connectivity index (χ3v) is 2.96. The minimum atomic E-state index is -0.727. The van der Waals surface area contributed by atoms with E-state index in [1.54, 1.807) is 17.2 Å². The molecule has 0 amide bonds. The van der Waals surface area contributed by atoms with Crippen LogP contribution in [0.25, 0.3) is 5.82 Å². The van der Waals surface area contributed by atoms with Crippen LogP contribution in [0.5, 0.6) is 0 Å². The van der Waals surface area contributed by atoms with Gasteiger partial charge in [-0.15, -0.1) is 0 Å². The van der Waals surface area contributed by atoms with Crippen molar-refractivity contribution in [3.63, 3.8) is 0 Å². The van der Waals surface area contributed by atoms with Gasteiger partial charge in [0.1, 0.15) is 12.7 Å². The topological polar surface area (TPSA) is 80.9 Å². The molecule has 2 atom stereocenters. The van der Waals surface area contributed by atoms with Crippen molar-refractivity contribution >= 4 is 5.97 Å². The molecule has 1 N–H and O–H groups in total. The Morgan fingerprint density at radius 2 is 2.35 bits per heavy atom. The molecule has 2 unspecified atom stereocenters. The highest BCUT2D eigenvalue weighted by Gasteiger charge is 2.44. The lowest BCUT2D eigenvalue weighted by Crippen LogP contribution is -2.01. The number of hydrogen-bond acceptors (Lipinski definition) is 4. The fourth-order valence-corrected chi connectivity index (χ4v) is 1.92. The van der Waals surface area contributed by atoms with Crippen LogP contribution in [0.15, 0.2) is 31.0 Å². The molecule has 0 aromatic carbocycles. The van der Waals surface area contributed by atoms with Gasteiger partial charge in [0.25, 0.3) is 0 Å². The summed E-state index contributed by atoms with van der Waals surface area (Å²) in [5.41, 5.74) is 0.973. The van der Waals surface area contributed by atoms with Crippen molar-refractivity contribution in [1.29, 1.82) is 0 Å². The standard InChI is InChI=1S/C11H10N4O2/c16-11(17)9-3-8(9)7-1-2-10(13-4-7)15-6-12-5-14-15/h1-2,4-6,8-9H,3H2,(H,16,17). The zero-order valence-corrected chi connectivity index (χ0v) is 8.89. The first kappa shape index (κ1) is 9.95. The third kappa shape index (κ3) is 1.77. The molecule has 0 spiro atoms. The van der Waals surface area contributed by atoms with E-state index < -0.39 is 5.97 Å². The van der Waals surface area contributed by atoms with Gasteiger partial charge < -0.3 is 5.11 Å². The number of aliphatic carboxylic acids is 1. The van der Waals surface area contributed by atoms with E-state index >= 15 is 0 Å². The smallest absolute Gasteiger partial charge is 0.307 e. The Morgan fingerprint density at radius 1 is 1.47 bits per heavy atom. The number of pyridine rings is 1. The predicted molar refractivity (Wildman–Crippen MR) is 57.6 cm³/mol. The predicted octanol–water partition coefficient (Wildman–Crippen LogP) is 0.850. The average molecular weight is 230 g/mol. The number of carbonyl (C=O) groups is 1. The highest BCUT2D eigenvalue weighted by molar-refractivity contribution is 5.75. The van der Waals surface area contributed by atoms with Crippen molar-refractivity contribution < 1.29 is 9.90 Å². The van der Waals surface area contributed by atoms with Gasteiger partial charge in [0.05, 0.1) is 5.92 Å². The van der Waals surface area contributed by atoms with Crippen molar-refractivity contribution in [1.82, 2.24) is 19.7 Å². The van der Waals surface area contributed by atoms with Gasteiger partial charge in [0.15, 0.2) is 5.82 Å². The molecule has 0 saturated heterocycles. The van der Waals surface area contributed by atoms with Crippen LogP contribution in [0, 0.1) is 5.92 Å². The molecule has 0 aliphatic heterocycles. The van der Waals surface area contributed by atoms with Gasteiger partial charge in [-0.1, -0.05) is 6.07 Å². The highest BCUT2D eigenvalue weighted by Crippen LogP contribution is 2.47. The summed E-state index contributed by atoms with van der Waals surface area (Å²) in [6.07, 6.45) is 5.43. The Morgan fingerprint density at radius 3 is 2.88 bits per heavy atom. The maximum atomic E-state index is 10.8. The molecule has 6 heteroatoms. The fourth-order valence-electron chi connectivity index (χ4n) is 1.92. The highest BCUT2D eigenvalue weighted by atomic mass is 16.4.